The van der Waals surface area contributed by atoms with Gasteiger partial charge < -0.3 is 19.1 Å². The van der Waals surface area contributed by atoms with Crippen LogP contribution in [0, 0.1) is 11.8 Å². The molecule has 2 rings (SSSR count). The van der Waals surface area contributed by atoms with E-state index < -0.39 is 5.60 Å². The first-order chi connectivity index (χ1) is 11.3. The van der Waals surface area contributed by atoms with Gasteiger partial charge in [0.25, 0.3) is 0 Å². The van der Waals surface area contributed by atoms with Crippen LogP contribution in [0.3, 0.4) is 0 Å². The van der Waals surface area contributed by atoms with Crippen molar-refractivity contribution in [1.82, 2.24) is 4.90 Å². The Kier molecular flexibility index (Phi) is 6.49. The van der Waals surface area contributed by atoms with E-state index >= 15 is 0 Å². The van der Waals surface area contributed by atoms with Crippen LogP contribution in [0.15, 0.2) is 0 Å². The van der Waals surface area contributed by atoms with Crippen LogP contribution >= 0.6 is 0 Å². The Morgan fingerprint density at radius 1 is 1.12 bits per heavy atom. The number of carbonyl (C=O) groups excluding carboxylic acids is 2. The van der Waals surface area contributed by atoms with Crippen molar-refractivity contribution in [1.29, 1.82) is 0 Å². The standard InChI is InChI=1S/C18H31NO5/c1-5-22-16(20)10-14-8-13(9-14)6-7-23-15-11-19(12-15)17(21)24-18(2,3)4/h13-15H,5-12H2,1-4H3. The van der Waals surface area contributed by atoms with Crippen molar-refractivity contribution in [2.75, 3.05) is 26.3 Å². The molecule has 0 aromatic rings. The molecule has 24 heavy (non-hydrogen) atoms. The molecule has 1 amide bonds. The summed E-state index contributed by atoms with van der Waals surface area (Å²) in [5.41, 5.74) is -0.451. The average molecular weight is 341 g/mol. The molecule has 1 aliphatic heterocycles. The topological polar surface area (TPSA) is 65.1 Å². The van der Waals surface area contributed by atoms with Crippen LogP contribution in [-0.2, 0) is 19.0 Å². The molecular formula is C18H31NO5. The van der Waals surface area contributed by atoms with E-state index in [-0.39, 0.29) is 18.2 Å². The molecule has 0 atom stereocenters. The first-order valence-electron chi connectivity index (χ1n) is 9.02. The summed E-state index contributed by atoms with van der Waals surface area (Å²) in [6, 6.07) is 0. The molecule has 1 heterocycles. The van der Waals surface area contributed by atoms with Crippen molar-refractivity contribution >= 4 is 12.1 Å². The Hall–Kier alpha value is -1.30. The number of hydrogen-bond acceptors (Lipinski definition) is 5. The molecule has 0 aromatic carbocycles. The first-order valence-corrected chi connectivity index (χ1v) is 9.02. The molecule has 1 aliphatic carbocycles. The van der Waals surface area contributed by atoms with E-state index in [1.54, 1.807) is 4.90 Å². The lowest BCUT2D eigenvalue weighted by Crippen LogP contribution is -2.56. The number of ether oxygens (including phenoxy) is 3. The second-order valence-corrected chi connectivity index (χ2v) is 7.88. The van der Waals surface area contributed by atoms with Gasteiger partial charge in [-0.1, -0.05) is 0 Å². The fourth-order valence-corrected chi connectivity index (χ4v) is 3.15. The quantitative estimate of drug-likeness (QED) is 0.666. The molecular weight excluding hydrogens is 310 g/mol. The Morgan fingerprint density at radius 2 is 1.79 bits per heavy atom. The van der Waals surface area contributed by atoms with E-state index in [4.69, 9.17) is 14.2 Å². The van der Waals surface area contributed by atoms with E-state index in [9.17, 15) is 9.59 Å². The maximum atomic E-state index is 11.8. The summed E-state index contributed by atoms with van der Waals surface area (Å²) >= 11 is 0. The third-order valence-corrected chi connectivity index (χ3v) is 4.47. The van der Waals surface area contributed by atoms with Gasteiger partial charge >= 0.3 is 12.1 Å². The van der Waals surface area contributed by atoms with Gasteiger partial charge in [-0.05, 0) is 58.8 Å². The second-order valence-electron chi connectivity index (χ2n) is 7.88. The highest BCUT2D eigenvalue weighted by Gasteiger charge is 2.35. The zero-order chi connectivity index (χ0) is 17.7. The largest absolute Gasteiger partial charge is 0.466 e. The molecule has 0 spiro atoms. The van der Waals surface area contributed by atoms with Crippen LogP contribution in [0.1, 0.15) is 53.4 Å². The number of amides is 1. The number of rotatable bonds is 7. The van der Waals surface area contributed by atoms with Crippen molar-refractivity contribution in [3.8, 4) is 0 Å². The van der Waals surface area contributed by atoms with Crippen molar-refractivity contribution in [3.63, 3.8) is 0 Å². The van der Waals surface area contributed by atoms with Gasteiger partial charge in [-0.25, -0.2) is 4.79 Å². The predicted molar refractivity (Wildman–Crippen MR) is 89.6 cm³/mol. The van der Waals surface area contributed by atoms with E-state index in [0.29, 0.717) is 38.0 Å². The third kappa shape index (κ3) is 5.96. The number of likely N-dealkylation sites (tertiary alicyclic amines) is 1. The van der Waals surface area contributed by atoms with Crippen LogP contribution in [0.5, 0.6) is 0 Å². The SMILES string of the molecule is CCOC(=O)CC1CC(CCOC2CN(C(=O)OC(C)(C)C)C2)C1. The molecule has 6 nitrogen and oxygen atoms in total. The summed E-state index contributed by atoms with van der Waals surface area (Å²) < 4.78 is 16.1. The van der Waals surface area contributed by atoms with E-state index in [0.717, 1.165) is 25.9 Å². The Morgan fingerprint density at radius 3 is 2.38 bits per heavy atom. The number of nitrogens with zero attached hydrogens (tertiary/aromatic N) is 1. The van der Waals surface area contributed by atoms with Crippen LogP contribution in [0.4, 0.5) is 4.79 Å². The van der Waals surface area contributed by atoms with E-state index in [2.05, 4.69) is 0 Å². The molecule has 0 aromatic heterocycles. The van der Waals surface area contributed by atoms with Gasteiger partial charge in [0.15, 0.2) is 0 Å². The zero-order valence-corrected chi connectivity index (χ0v) is 15.4. The van der Waals surface area contributed by atoms with Crippen LogP contribution < -0.4 is 0 Å². The summed E-state index contributed by atoms with van der Waals surface area (Å²) in [6.07, 6.45) is 3.64. The third-order valence-electron chi connectivity index (χ3n) is 4.47. The van der Waals surface area contributed by atoms with Gasteiger partial charge in [0, 0.05) is 13.0 Å². The molecule has 0 unspecified atom stereocenters. The smallest absolute Gasteiger partial charge is 0.410 e. The van der Waals surface area contributed by atoms with Gasteiger partial charge in [0.2, 0.25) is 0 Å². The summed E-state index contributed by atoms with van der Waals surface area (Å²) in [5.74, 6) is 1.07. The predicted octanol–water partition coefficient (Wildman–Crippen LogP) is 2.99. The molecule has 0 radical (unpaired) electrons. The Balaban J connectivity index is 1.48. The summed E-state index contributed by atoms with van der Waals surface area (Å²) in [4.78, 5) is 24.9. The zero-order valence-electron chi connectivity index (χ0n) is 15.4. The maximum absolute atomic E-state index is 11.8. The molecule has 1 saturated heterocycles. The van der Waals surface area contributed by atoms with Crippen molar-refractivity contribution in [2.24, 2.45) is 11.8 Å². The highest BCUT2D eigenvalue weighted by molar-refractivity contribution is 5.70. The summed E-state index contributed by atoms with van der Waals surface area (Å²) in [6.45, 7) is 9.86. The summed E-state index contributed by atoms with van der Waals surface area (Å²) in [5, 5.41) is 0. The normalized spacial score (nSPS) is 24.1. The molecule has 138 valence electrons. The van der Waals surface area contributed by atoms with Gasteiger partial charge in [-0.3, -0.25) is 4.79 Å². The van der Waals surface area contributed by atoms with Crippen molar-refractivity contribution in [2.45, 2.75) is 65.1 Å². The lowest BCUT2D eigenvalue weighted by atomic mass is 9.72. The van der Waals surface area contributed by atoms with Crippen LogP contribution in [-0.4, -0.2) is 55.0 Å². The first kappa shape index (κ1) is 19.0. The van der Waals surface area contributed by atoms with Crippen LogP contribution in [0.25, 0.3) is 0 Å². The minimum atomic E-state index is -0.451. The lowest BCUT2D eigenvalue weighted by Gasteiger charge is -2.40. The van der Waals surface area contributed by atoms with Crippen LogP contribution in [0.2, 0.25) is 0 Å². The van der Waals surface area contributed by atoms with E-state index in [1.807, 2.05) is 27.7 Å². The minimum Gasteiger partial charge on any atom is -0.466 e. The van der Waals surface area contributed by atoms with Crippen molar-refractivity contribution in [3.05, 3.63) is 0 Å². The Labute approximate surface area is 144 Å². The van der Waals surface area contributed by atoms with Gasteiger partial charge in [-0.15, -0.1) is 0 Å². The Bertz CT molecular complexity index is 433. The van der Waals surface area contributed by atoms with Crippen molar-refractivity contribution < 1.29 is 23.8 Å². The molecule has 0 bridgehead atoms. The number of esters is 1. The minimum absolute atomic E-state index is 0.0751. The molecule has 0 N–H and O–H groups in total. The average Bonchev–Trinajstić information content (AvgIpc) is 2.35. The molecule has 2 aliphatic rings. The number of hydrogen-bond donors (Lipinski definition) is 0. The lowest BCUT2D eigenvalue weighted by molar-refractivity contribution is -0.145. The van der Waals surface area contributed by atoms with E-state index in [1.165, 1.54) is 0 Å². The highest BCUT2D eigenvalue weighted by atomic mass is 16.6. The van der Waals surface area contributed by atoms with Gasteiger partial charge in [0.05, 0.1) is 25.8 Å². The fraction of sp³-hybridized carbons (Fsp3) is 0.889. The molecule has 6 heteroatoms. The second kappa shape index (κ2) is 8.19. The summed E-state index contributed by atoms with van der Waals surface area (Å²) in [7, 11) is 0. The number of carbonyl (C=O) groups is 2. The molecule has 1 saturated carbocycles. The maximum Gasteiger partial charge on any atom is 0.410 e. The van der Waals surface area contributed by atoms with Gasteiger partial charge in [0.1, 0.15) is 5.60 Å². The molecule has 2 fully saturated rings. The highest BCUT2D eigenvalue weighted by Crippen LogP contribution is 2.38. The fourth-order valence-electron chi connectivity index (χ4n) is 3.15. The monoisotopic (exact) mass is 341 g/mol. The van der Waals surface area contributed by atoms with Gasteiger partial charge in [-0.2, -0.15) is 0 Å².